The Bertz CT molecular complexity index is 1290. The molecule has 3 heterocycles. The summed E-state index contributed by atoms with van der Waals surface area (Å²) in [6.45, 7) is 4.71. The largest absolute Gasteiger partial charge is 0.361 e. The maximum Gasteiger partial charge on any atom is 0.247 e. The number of carbonyl (C=O) groups excluding carboxylic acids is 4. The highest BCUT2D eigenvalue weighted by molar-refractivity contribution is 5.97. The van der Waals surface area contributed by atoms with Crippen LogP contribution in [0.4, 0.5) is 0 Å². The van der Waals surface area contributed by atoms with Crippen LogP contribution in [-0.4, -0.2) is 94.3 Å². The van der Waals surface area contributed by atoms with Crippen LogP contribution in [0.1, 0.15) is 70.8 Å². The van der Waals surface area contributed by atoms with Gasteiger partial charge in [-0.3, -0.25) is 19.2 Å². The van der Waals surface area contributed by atoms with E-state index in [1.165, 1.54) is 0 Å². The first-order chi connectivity index (χ1) is 20.3. The van der Waals surface area contributed by atoms with Gasteiger partial charge in [0.15, 0.2) is 0 Å². The second kappa shape index (κ2) is 13.3. The van der Waals surface area contributed by atoms with Gasteiger partial charge in [-0.1, -0.05) is 57.2 Å². The highest BCUT2D eigenvalue weighted by Gasteiger charge is 2.52. The minimum Gasteiger partial charge on any atom is -0.361 e. The van der Waals surface area contributed by atoms with Crippen molar-refractivity contribution in [3.63, 3.8) is 0 Å². The van der Waals surface area contributed by atoms with E-state index < -0.39 is 24.3 Å². The SMILES string of the molecule is CCCCCN1CC2N(C(=O)[C@@H](NC(=O)[C@H](C)NC)C3CCCCC3)CC(=O)N2[C@@H](Cc2c[nH]c3ccccc23)C1=O. The molecule has 1 aromatic heterocycles. The summed E-state index contributed by atoms with van der Waals surface area (Å²) < 4.78 is 0. The van der Waals surface area contributed by atoms with Crippen LogP contribution in [0.15, 0.2) is 30.5 Å². The Morgan fingerprint density at radius 3 is 2.60 bits per heavy atom. The Hall–Kier alpha value is -3.40. The maximum atomic E-state index is 14.3. The molecule has 3 aliphatic rings. The number of aromatic amines is 1. The van der Waals surface area contributed by atoms with Gasteiger partial charge in [0.25, 0.3) is 0 Å². The summed E-state index contributed by atoms with van der Waals surface area (Å²) in [7, 11) is 1.72. The molecule has 2 saturated heterocycles. The van der Waals surface area contributed by atoms with E-state index in [9.17, 15) is 19.2 Å². The number of amides is 4. The molecule has 3 N–H and O–H groups in total. The van der Waals surface area contributed by atoms with Gasteiger partial charge < -0.3 is 30.3 Å². The lowest BCUT2D eigenvalue weighted by Gasteiger charge is -2.45. The van der Waals surface area contributed by atoms with Crippen LogP contribution in [-0.2, 0) is 25.6 Å². The summed E-state index contributed by atoms with van der Waals surface area (Å²) in [6, 6.07) is 6.13. The van der Waals surface area contributed by atoms with Crippen LogP contribution in [0.2, 0.25) is 0 Å². The van der Waals surface area contributed by atoms with Crippen LogP contribution in [0.5, 0.6) is 0 Å². The number of nitrogens with one attached hydrogen (secondary N) is 3. The highest BCUT2D eigenvalue weighted by Crippen LogP contribution is 2.33. The van der Waals surface area contributed by atoms with E-state index >= 15 is 0 Å². The van der Waals surface area contributed by atoms with Gasteiger partial charge in [-0.25, -0.2) is 0 Å². The quantitative estimate of drug-likeness (QED) is 0.355. The van der Waals surface area contributed by atoms with E-state index in [1.807, 2.05) is 35.4 Å². The third-order valence-corrected chi connectivity index (χ3v) is 9.50. The predicted octanol–water partition coefficient (Wildman–Crippen LogP) is 2.78. The van der Waals surface area contributed by atoms with Gasteiger partial charge in [-0.2, -0.15) is 0 Å². The number of benzene rings is 1. The standard InChI is InChI=1S/C32H46N6O4/c1-4-5-11-16-36-19-27-37(32(42)29(22-12-7-6-8-13-22)35-30(40)21(2)33-3)20-28(39)38(27)26(31(36)41)17-23-18-34-25-15-10-9-14-24(23)25/h9-10,14-15,18,21-22,26-27,29,33-34H,4-8,11-13,16-17,19-20H2,1-3H3,(H,35,40)/t21-,26-,27?,29-/m0/s1. The molecule has 0 radical (unpaired) electrons. The summed E-state index contributed by atoms with van der Waals surface area (Å²) in [5, 5.41) is 7.04. The van der Waals surface area contributed by atoms with E-state index in [2.05, 4.69) is 22.5 Å². The number of aromatic nitrogens is 1. The number of para-hydroxylation sites is 1. The molecule has 1 aromatic carbocycles. The maximum absolute atomic E-state index is 14.3. The molecule has 5 rings (SSSR count). The van der Waals surface area contributed by atoms with Crippen LogP contribution in [0, 0.1) is 5.92 Å². The average molecular weight is 579 g/mol. The number of carbonyl (C=O) groups is 4. The number of hydrogen-bond donors (Lipinski definition) is 3. The van der Waals surface area contributed by atoms with Crippen LogP contribution < -0.4 is 10.6 Å². The van der Waals surface area contributed by atoms with Crippen LogP contribution in [0.25, 0.3) is 10.9 Å². The predicted molar refractivity (Wildman–Crippen MR) is 161 cm³/mol. The van der Waals surface area contributed by atoms with E-state index in [-0.39, 0.29) is 36.1 Å². The minimum atomic E-state index is -0.695. The van der Waals surface area contributed by atoms with E-state index in [1.54, 1.807) is 23.8 Å². The van der Waals surface area contributed by atoms with Gasteiger partial charge in [0.1, 0.15) is 24.8 Å². The molecule has 228 valence electrons. The molecule has 2 aromatic rings. The highest BCUT2D eigenvalue weighted by atomic mass is 16.2. The van der Waals surface area contributed by atoms with Crippen LogP contribution >= 0.6 is 0 Å². The lowest BCUT2D eigenvalue weighted by molar-refractivity contribution is -0.156. The Balaban J connectivity index is 1.45. The molecule has 10 heteroatoms. The topological polar surface area (TPSA) is 118 Å². The first-order valence-electron chi connectivity index (χ1n) is 15.8. The number of hydrogen-bond acceptors (Lipinski definition) is 5. The fourth-order valence-corrected chi connectivity index (χ4v) is 6.94. The summed E-state index contributed by atoms with van der Waals surface area (Å²) in [4.78, 5) is 63.4. The number of unbranched alkanes of at least 4 members (excludes halogenated alkanes) is 2. The van der Waals surface area contributed by atoms with E-state index in [4.69, 9.17) is 0 Å². The monoisotopic (exact) mass is 578 g/mol. The molecule has 1 unspecified atom stereocenters. The molecular formula is C32H46N6O4. The zero-order valence-electron chi connectivity index (χ0n) is 25.2. The lowest BCUT2D eigenvalue weighted by Crippen LogP contribution is -2.65. The Morgan fingerprint density at radius 1 is 1.10 bits per heavy atom. The van der Waals surface area contributed by atoms with Crippen molar-refractivity contribution in [1.29, 1.82) is 0 Å². The lowest BCUT2D eigenvalue weighted by atomic mass is 9.83. The van der Waals surface area contributed by atoms with Crippen molar-refractivity contribution >= 4 is 34.5 Å². The van der Waals surface area contributed by atoms with Crippen molar-refractivity contribution < 1.29 is 19.2 Å². The molecule has 4 amide bonds. The minimum absolute atomic E-state index is 0.0244. The molecular weight excluding hydrogens is 532 g/mol. The summed E-state index contributed by atoms with van der Waals surface area (Å²) >= 11 is 0. The molecule has 4 atom stereocenters. The summed E-state index contributed by atoms with van der Waals surface area (Å²) in [6.07, 6.45) is 9.56. The van der Waals surface area contributed by atoms with Crippen LogP contribution in [0.3, 0.4) is 0 Å². The fourth-order valence-electron chi connectivity index (χ4n) is 6.94. The molecule has 42 heavy (non-hydrogen) atoms. The number of H-pyrrole nitrogens is 1. The van der Waals surface area contributed by atoms with Gasteiger partial charge in [0.05, 0.1) is 12.6 Å². The number of nitrogens with zero attached hydrogens (tertiary/aromatic N) is 3. The van der Waals surface area contributed by atoms with Gasteiger partial charge in [0, 0.05) is 30.1 Å². The number of piperazine rings is 1. The Kier molecular flexibility index (Phi) is 9.50. The second-order valence-corrected chi connectivity index (χ2v) is 12.2. The van der Waals surface area contributed by atoms with Crippen molar-refractivity contribution in [3.8, 4) is 0 Å². The van der Waals surface area contributed by atoms with Crippen molar-refractivity contribution in [3.05, 3.63) is 36.0 Å². The van der Waals surface area contributed by atoms with Crippen molar-refractivity contribution in [1.82, 2.24) is 30.3 Å². The number of rotatable bonds is 11. The van der Waals surface area contributed by atoms with Gasteiger partial charge in [-0.05, 0) is 50.8 Å². The molecule has 1 saturated carbocycles. The molecule has 2 aliphatic heterocycles. The van der Waals surface area contributed by atoms with E-state index in [0.29, 0.717) is 19.5 Å². The number of fused-ring (bicyclic) bond motifs is 2. The van der Waals surface area contributed by atoms with Gasteiger partial charge in [-0.15, -0.1) is 0 Å². The third kappa shape index (κ3) is 6.04. The molecule has 3 fully saturated rings. The van der Waals surface area contributed by atoms with Gasteiger partial charge >= 0.3 is 0 Å². The zero-order valence-corrected chi connectivity index (χ0v) is 25.2. The first kappa shape index (κ1) is 30.1. The van der Waals surface area contributed by atoms with Crippen molar-refractivity contribution in [2.75, 3.05) is 26.7 Å². The second-order valence-electron chi connectivity index (χ2n) is 12.2. The molecule has 0 spiro atoms. The summed E-state index contributed by atoms with van der Waals surface area (Å²) in [5.74, 6) is -0.683. The summed E-state index contributed by atoms with van der Waals surface area (Å²) in [5.41, 5.74) is 1.96. The normalized spacial score (nSPS) is 22.9. The Morgan fingerprint density at radius 2 is 1.86 bits per heavy atom. The van der Waals surface area contributed by atoms with E-state index in [0.717, 1.165) is 67.8 Å². The van der Waals surface area contributed by atoms with Crippen molar-refractivity contribution in [2.45, 2.75) is 95.9 Å². The Labute approximate surface area is 248 Å². The first-order valence-corrected chi connectivity index (χ1v) is 15.8. The average Bonchev–Trinajstić information content (AvgIpc) is 3.57. The zero-order chi connectivity index (χ0) is 29.8. The number of likely N-dealkylation sites (N-methyl/N-ethyl adjacent to an activating group) is 1. The fraction of sp³-hybridized carbons (Fsp3) is 0.625. The smallest absolute Gasteiger partial charge is 0.247 e. The van der Waals surface area contributed by atoms with Gasteiger partial charge in [0.2, 0.25) is 23.6 Å². The molecule has 1 aliphatic carbocycles. The third-order valence-electron chi connectivity index (χ3n) is 9.50. The van der Waals surface area contributed by atoms with Crippen molar-refractivity contribution in [2.24, 2.45) is 5.92 Å². The molecule has 10 nitrogen and oxygen atoms in total. The molecule has 0 bridgehead atoms.